The van der Waals surface area contributed by atoms with Gasteiger partial charge in [0.15, 0.2) is 0 Å². The van der Waals surface area contributed by atoms with Crippen molar-refractivity contribution in [2.24, 2.45) is 0 Å². The molecule has 0 bridgehead atoms. The number of nitrogens with zero attached hydrogens (tertiary/aromatic N) is 1. The molecular formula is C20H29N3O4. The summed E-state index contributed by atoms with van der Waals surface area (Å²) in [6, 6.07) is 5.32. The van der Waals surface area contributed by atoms with E-state index in [1.807, 2.05) is 24.1 Å². The fraction of sp³-hybridized carbons (Fsp3) is 0.600. The number of fused-ring (bicyclic) bond motifs is 1. The van der Waals surface area contributed by atoms with Crippen LogP contribution in [0.2, 0.25) is 0 Å². The van der Waals surface area contributed by atoms with Crippen molar-refractivity contribution in [3.63, 3.8) is 0 Å². The van der Waals surface area contributed by atoms with Gasteiger partial charge < -0.3 is 25.0 Å². The third kappa shape index (κ3) is 4.53. The number of nitrogens with one attached hydrogen (secondary N) is 2. The number of carbonyl (C=O) groups excluding carboxylic acids is 2. The maximum Gasteiger partial charge on any atom is 0.251 e. The summed E-state index contributed by atoms with van der Waals surface area (Å²) in [6.45, 7) is 3.49. The van der Waals surface area contributed by atoms with Gasteiger partial charge in [0.05, 0.1) is 24.8 Å². The summed E-state index contributed by atoms with van der Waals surface area (Å²) in [5.74, 6) is 0.642. The summed E-state index contributed by atoms with van der Waals surface area (Å²) in [4.78, 5) is 26.8. The quantitative estimate of drug-likeness (QED) is 0.676. The summed E-state index contributed by atoms with van der Waals surface area (Å²) < 4.78 is 10.8. The van der Waals surface area contributed by atoms with Crippen LogP contribution < -0.4 is 20.3 Å². The number of anilines is 1. The lowest BCUT2D eigenvalue weighted by Gasteiger charge is -2.36. The Kier molecular flexibility index (Phi) is 5.89. The third-order valence-electron chi connectivity index (χ3n) is 5.53. The number of likely N-dealkylation sites (N-methyl/N-ethyl adjacent to an activating group) is 1. The molecule has 7 nitrogen and oxygen atoms in total. The summed E-state index contributed by atoms with van der Waals surface area (Å²) >= 11 is 0. The van der Waals surface area contributed by atoms with Gasteiger partial charge in [0.25, 0.3) is 5.91 Å². The number of methoxy groups -OCH3 is 1. The van der Waals surface area contributed by atoms with E-state index in [-0.39, 0.29) is 23.4 Å². The van der Waals surface area contributed by atoms with Crippen molar-refractivity contribution in [1.82, 2.24) is 10.6 Å². The van der Waals surface area contributed by atoms with Gasteiger partial charge >= 0.3 is 0 Å². The van der Waals surface area contributed by atoms with Gasteiger partial charge in [0.2, 0.25) is 5.91 Å². The standard InChI is InChI=1S/C20H29N3O4/c1-4-20(7-8-20)22-18(24)12-15-13-27-17-6-5-14(11-16(17)23(15)2)19(25)21-9-10-26-3/h5-6,11,15H,4,7-10,12-13H2,1-3H3,(H,21,25)(H,22,24)/t15-/m1/s1. The third-order valence-corrected chi connectivity index (χ3v) is 5.53. The monoisotopic (exact) mass is 375 g/mol. The first-order chi connectivity index (χ1) is 13.0. The number of carbonyl (C=O) groups is 2. The van der Waals surface area contributed by atoms with E-state index < -0.39 is 0 Å². The Morgan fingerprint density at radius 3 is 2.81 bits per heavy atom. The summed E-state index contributed by atoms with van der Waals surface area (Å²) in [5, 5.41) is 5.99. The minimum atomic E-state index is -0.151. The van der Waals surface area contributed by atoms with Gasteiger partial charge in [-0.1, -0.05) is 6.92 Å². The van der Waals surface area contributed by atoms with Gasteiger partial charge in [-0.3, -0.25) is 9.59 Å². The van der Waals surface area contributed by atoms with Gasteiger partial charge in [0, 0.05) is 31.8 Å². The van der Waals surface area contributed by atoms with E-state index >= 15 is 0 Å². The van der Waals surface area contributed by atoms with E-state index in [1.54, 1.807) is 13.2 Å². The molecule has 0 spiro atoms. The van der Waals surface area contributed by atoms with Crippen LogP contribution in [0.5, 0.6) is 5.75 Å². The van der Waals surface area contributed by atoms with Crippen LogP contribution in [0.15, 0.2) is 18.2 Å². The molecular weight excluding hydrogens is 346 g/mol. The molecule has 1 aliphatic heterocycles. The van der Waals surface area contributed by atoms with Gasteiger partial charge in [0.1, 0.15) is 12.4 Å². The first kappa shape index (κ1) is 19.5. The van der Waals surface area contributed by atoms with E-state index in [2.05, 4.69) is 17.6 Å². The highest BCUT2D eigenvalue weighted by Crippen LogP contribution is 2.39. The Morgan fingerprint density at radius 1 is 1.37 bits per heavy atom. The zero-order chi connectivity index (χ0) is 19.4. The predicted octanol–water partition coefficient (Wildman–Crippen LogP) is 1.71. The number of ether oxygens (including phenoxy) is 2. The number of amides is 2. The van der Waals surface area contributed by atoms with E-state index in [1.165, 1.54) is 0 Å². The van der Waals surface area contributed by atoms with E-state index in [0.29, 0.717) is 31.7 Å². The van der Waals surface area contributed by atoms with Crippen molar-refractivity contribution in [3.05, 3.63) is 23.8 Å². The molecule has 0 aromatic heterocycles. The van der Waals surface area contributed by atoms with E-state index in [9.17, 15) is 9.59 Å². The molecule has 1 atom stereocenters. The minimum absolute atomic E-state index is 0.0244. The van der Waals surface area contributed by atoms with Gasteiger partial charge in [-0.25, -0.2) is 0 Å². The lowest BCUT2D eigenvalue weighted by atomic mass is 10.1. The van der Waals surface area contributed by atoms with Crippen LogP contribution in [0.25, 0.3) is 0 Å². The van der Waals surface area contributed by atoms with Gasteiger partial charge in [-0.05, 0) is 37.5 Å². The number of rotatable bonds is 8. The van der Waals surface area contributed by atoms with Crippen LogP contribution in [0, 0.1) is 0 Å². The molecule has 1 aromatic carbocycles. The summed E-state index contributed by atoms with van der Waals surface area (Å²) in [5.41, 5.74) is 1.42. The van der Waals surface area contributed by atoms with Crippen molar-refractivity contribution in [2.45, 2.75) is 44.2 Å². The second kappa shape index (κ2) is 8.17. The Morgan fingerprint density at radius 2 is 2.15 bits per heavy atom. The van der Waals surface area contributed by atoms with Crippen molar-refractivity contribution >= 4 is 17.5 Å². The molecule has 3 rings (SSSR count). The minimum Gasteiger partial charge on any atom is -0.489 e. The van der Waals surface area contributed by atoms with Crippen LogP contribution in [0.4, 0.5) is 5.69 Å². The second-order valence-electron chi connectivity index (χ2n) is 7.39. The maximum atomic E-state index is 12.4. The fourth-order valence-electron chi connectivity index (χ4n) is 3.39. The first-order valence-electron chi connectivity index (χ1n) is 9.56. The van der Waals surface area contributed by atoms with E-state index in [4.69, 9.17) is 9.47 Å². The highest BCUT2D eigenvalue weighted by Gasteiger charge is 2.42. The largest absolute Gasteiger partial charge is 0.489 e. The molecule has 148 valence electrons. The van der Waals surface area contributed by atoms with Crippen LogP contribution in [0.1, 0.15) is 43.0 Å². The number of benzene rings is 1. The SMILES string of the molecule is CCC1(NC(=O)C[C@@H]2COc3ccc(C(=O)NCCOC)cc3N2C)CC1. The van der Waals surface area contributed by atoms with Crippen LogP contribution >= 0.6 is 0 Å². The Labute approximate surface area is 160 Å². The van der Waals surface area contributed by atoms with Crippen LogP contribution in [-0.4, -0.2) is 57.3 Å². The molecule has 27 heavy (non-hydrogen) atoms. The molecule has 1 aromatic rings. The highest BCUT2D eigenvalue weighted by atomic mass is 16.5. The smallest absolute Gasteiger partial charge is 0.251 e. The molecule has 0 radical (unpaired) electrons. The maximum absolute atomic E-state index is 12.4. The number of hydrogen-bond donors (Lipinski definition) is 2. The summed E-state index contributed by atoms with van der Waals surface area (Å²) in [6.07, 6.45) is 3.48. The topological polar surface area (TPSA) is 79.9 Å². The Balaban J connectivity index is 1.64. The normalized spacial score (nSPS) is 19.7. The second-order valence-corrected chi connectivity index (χ2v) is 7.39. The van der Waals surface area contributed by atoms with Crippen LogP contribution in [-0.2, 0) is 9.53 Å². The fourth-order valence-corrected chi connectivity index (χ4v) is 3.39. The molecule has 2 aliphatic rings. The Bertz CT molecular complexity index is 702. The first-order valence-corrected chi connectivity index (χ1v) is 9.56. The zero-order valence-electron chi connectivity index (χ0n) is 16.3. The zero-order valence-corrected chi connectivity index (χ0v) is 16.3. The molecule has 1 saturated carbocycles. The molecule has 2 N–H and O–H groups in total. The average molecular weight is 375 g/mol. The molecule has 1 fully saturated rings. The van der Waals surface area contributed by atoms with Crippen molar-refractivity contribution in [3.8, 4) is 5.75 Å². The van der Waals surface area contributed by atoms with Gasteiger partial charge in [-0.15, -0.1) is 0 Å². The molecule has 2 amide bonds. The number of hydrogen-bond acceptors (Lipinski definition) is 5. The lowest BCUT2D eigenvalue weighted by molar-refractivity contribution is -0.122. The van der Waals surface area contributed by atoms with E-state index in [0.717, 1.165) is 30.7 Å². The van der Waals surface area contributed by atoms with Crippen molar-refractivity contribution in [1.29, 1.82) is 0 Å². The molecule has 7 heteroatoms. The summed E-state index contributed by atoms with van der Waals surface area (Å²) in [7, 11) is 3.54. The molecule has 0 unspecified atom stereocenters. The predicted molar refractivity (Wildman–Crippen MR) is 103 cm³/mol. The Hall–Kier alpha value is -2.28. The van der Waals surface area contributed by atoms with Crippen molar-refractivity contribution < 1.29 is 19.1 Å². The lowest BCUT2D eigenvalue weighted by Crippen LogP contribution is -2.46. The molecule has 1 aliphatic carbocycles. The highest BCUT2D eigenvalue weighted by molar-refractivity contribution is 5.95. The molecule has 0 saturated heterocycles. The average Bonchev–Trinajstić information content (AvgIpc) is 3.44. The van der Waals surface area contributed by atoms with Gasteiger partial charge in [-0.2, -0.15) is 0 Å². The molecule has 1 heterocycles. The van der Waals surface area contributed by atoms with Crippen LogP contribution in [0.3, 0.4) is 0 Å². The van der Waals surface area contributed by atoms with Crippen molar-refractivity contribution in [2.75, 3.05) is 38.8 Å².